The van der Waals surface area contributed by atoms with Gasteiger partial charge in [0.15, 0.2) is 0 Å². The predicted octanol–water partition coefficient (Wildman–Crippen LogP) is 2.59. The molecule has 0 heterocycles. The van der Waals surface area contributed by atoms with Gasteiger partial charge in [-0.05, 0) is 55.0 Å². The van der Waals surface area contributed by atoms with Crippen LogP contribution < -0.4 is 15.4 Å². The number of carbonyl (C=O) groups is 2. The van der Waals surface area contributed by atoms with Crippen LogP contribution in [-0.4, -0.2) is 26.8 Å². The van der Waals surface area contributed by atoms with Crippen molar-refractivity contribution in [3.05, 3.63) is 54.1 Å². The number of rotatable bonds is 7. The Bertz CT molecular complexity index is 876. The summed E-state index contributed by atoms with van der Waals surface area (Å²) in [6.07, 6.45) is 0.822. The summed E-state index contributed by atoms with van der Waals surface area (Å²) in [5.41, 5.74) is 1.34. The molecule has 2 rings (SSSR count). The number of carbonyl (C=O) groups excluding carboxylic acids is 2. The lowest BCUT2D eigenvalue weighted by atomic mass is 10.2. The number of benzene rings is 2. The molecule has 0 aliphatic carbocycles. The van der Waals surface area contributed by atoms with Crippen LogP contribution in [0.2, 0.25) is 0 Å². The van der Waals surface area contributed by atoms with Crippen LogP contribution >= 0.6 is 0 Å². The van der Waals surface area contributed by atoms with Gasteiger partial charge in [-0.25, -0.2) is 8.42 Å². The van der Waals surface area contributed by atoms with Gasteiger partial charge in [-0.2, -0.15) is 0 Å². The summed E-state index contributed by atoms with van der Waals surface area (Å²) < 4.78 is 27.3. The maximum atomic E-state index is 12.4. The van der Waals surface area contributed by atoms with Crippen LogP contribution in [0.1, 0.15) is 30.6 Å². The molecule has 2 amide bonds. The topological polar surface area (TPSA) is 104 Å². The molecular weight excluding hydrogens is 354 g/mol. The Morgan fingerprint density at radius 2 is 1.50 bits per heavy atom. The molecule has 0 aliphatic rings. The first-order valence-electron chi connectivity index (χ1n) is 8.10. The van der Waals surface area contributed by atoms with Crippen LogP contribution in [0.3, 0.4) is 0 Å². The second-order valence-corrected chi connectivity index (χ2v) is 7.33. The average molecular weight is 375 g/mol. The van der Waals surface area contributed by atoms with Crippen LogP contribution in [0.4, 0.5) is 11.4 Å². The van der Waals surface area contributed by atoms with Crippen LogP contribution in [0.15, 0.2) is 53.4 Å². The molecule has 8 heteroatoms. The zero-order valence-electron chi connectivity index (χ0n) is 14.6. The van der Waals surface area contributed by atoms with Crippen molar-refractivity contribution in [3.8, 4) is 0 Å². The zero-order chi connectivity index (χ0) is 19.2. The van der Waals surface area contributed by atoms with Crippen molar-refractivity contribution < 1.29 is 18.0 Å². The fraction of sp³-hybridized carbons (Fsp3) is 0.222. The molecule has 3 N–H and O–H groups in total. The van der Waals surface area contributed by atoms with Crippen molar-refractivity contribution in [2.75, 3.05) is 16.6 Å². The summed E-state index contributed by atoms with van der Waals surface area (Å²) in [7, 11) is -3.78. The van der Waals surface area contributed by atoms with E-state index < -0.39 is 10.0 Å². The summed E-state index contributed by atoms with van der Waals surface area (Å²) in [4.78, 5) is 22.9. The lowest BCUT2D eigenvalue weighted by Gasteiger charge is -2.10. The third-order valence-corrected chi connectivity index (χ3v) is 4.82. The van der Waals surface area contributed by atoms with Gasteiger partial charge < -0.3 is 10.6 Å². The monoisotopic (exact) mass is 375 g/mol. The highest BCUT2D eigenvalue weighted by molar-refractivity contribution is 7.92. The van der Waals surface area contributed by atoms with E-state index in [0.29, 0.717) is 23.5 Å². The van der Waals surface area contributed by atoms with E-state index in [1.54, 1.807) is 24.3 Å². The SMILES string of the molecule is CCCNC(=O)c1ccc(S(=O)(=O)Nc2ccc(NC(C)=O)cc2)cc1. The van der Waals surface area contributed by atoms with Crippen LogP contribution in [0.25, 0.3) is 0 Å². The Morgan fingerprint density at radius 3 is 2.04 bits per heavy atom. The molecule has 2 aromatic carbocycles. The normalized spacial score (nSPS) is 10.8. The van der Waals surface area contributed by atoms with E-state index >= 15 is 0 Å². The lowest BCUT2D eigenvalue weighted by Crippen LogP contribution is -2.24. The highest BCUT2D eigenvalue weighted by Gasteiger charge is 2.15. The molecule has 0 fully saturated rings. The molecule has 0 unspecified atom stereocenters. The number of sulfonamides is 1. The quantitative estimate of drug-likeness (QED) is 0.692. The molecule has 0 bridgehead atoms. The zero-order valence-corrected chi connectivity index (χ0v) is 15.4. The van der Waals surface area contributed by atoms with Gasteiger partial charge >= 0.3 is 0 Å². The summed E-state index contributed by atoms with van der Waals surface area (Å²) >= 11 is 0. The van der Waals surface area contributed by atoms with Gasteiger partial charge in [0.05, 0.1) is 4.90 Å². The third-order valence-electron chi connectivity index (χ3n) is 3.42. The van der Waals surface area contributed by atoms with Crippen LogP contribution in [-0.2, 0) is 14.8 Å². The van der Waals surface area contributed by atoms with Gasteiger partial charge in [0.25, 0.3) is 15.9 Å². The van der Waals surface area contributed by atoms with E-state index in [-0.39, 0.29) is 16.7 Å². The van der Waals surface area contributed by atoms with Crippen LogP contribution in [0.5, 0.6) is 0 Å². The Labute approximate surface area is 152 Å². The van der Waals surface area contributed by atoms with Crippen molar-refractivity contribution >= 4 is 33.2 Å². The molecular formula is C18H21N3O4S. The number of hydrogen-bond donors (Lipinski definition) is 3. The maximum absolute atomic E-state index is 12.4. The van der Waals surface area contributed by atoms with E-state index in [2.05, 4.69) is 15.4 Å². The second-order valence-electron chi connectivity index (χ2n) is 5.64. The summed E-state index contributed by atoms with van der Waals surface area (Å²) in [6, 6.07) is 12.0. The summed E-state index contributed by atoms with van der Waals surface area (Å²) in [6.45, 7) is 3.90. The van der Waals surface area contributed by atoms with Crippen LogP contribution in [0, 0.1) is 0 Å². The van der Waals surface area contributed by atoms with E-state index in [0.717, 1.165) is 6.42 Å². The molecule has 0 radical (unpaired) electrons. The molecule has 0 spiro atoms. The first-order valence-corrected chi connectivity index (χ1v) is 9.59. The highest BCUT2D eigenvalue weighted by Crippen LogP contribution is 2.19. The molecule has 0 saturated heterocycles. The number of hydrogen-bond acceptors (Lipinski definition) is 4. The molecule has 138 valence electrons. The van der Waals surface area contributed by atoms with Gasteiger partial charge in [-0.3, -0.25) is 14.3 Å². The minimum atomic E-state index is -3.78. The standard InChI is InChI=1S/C18H21N3O4S/c1-3-12-19-18(23)14-4-10-17(11-5-14)26(24,25)21-16-8-6-15(7-9-16)20-13(2)22/h4-11,21H,3,12H2,1-2H3,(H,19,23)(H,20,22). The van der Waals surface area contributed by atoms with Gasteiger partial charge in [0.1, 0.15) is 0 Å². The van der Waals surface area contributed by atoms with E-state index in [9.17, 15) is 18.0 Å². The largest absolute Gasteiger partial charge is 0.352 e. The Hall–Kier alpha value is -2.87. The number of nitrogens with one attached hydrogen (secondary N) is 3. The highest BCUT2D eigenvalue weighted by atomic mass is 32.2. The smallest absolute Gasteiger partial charge is 0.261 e. The maximum Gasteiger partial charge on any atom is 0.261 e. The molecule has 0 atom stereocenters. The van der Waals surface area contributed by atoms with Gasteiger partial charge in [-0.15, -0.1) is 0 Å². The van der Waals surface area contributed by atoms with E-state index in [1.807, 2.05) is 6.92 Å². The van der Waals surface area contributed by atoms with Crippen molar-refractivity contribution in [2.45, 2.75) is 25.2 Å². The Kier molecular flexibility index (Phi) is 6.35. The Balaban J connectivity index is 2.09. The van der Waals surface area contributed by atoms with Crippen molar-refractivity contribution in [3.63, 3.8) is 0 Å². The summed E-state index contributed by atoms with van der Waals surface area (Å²) in [5, 5.41) is 5.34. The average Bonchev–Trinajstić information content (AvgIpc) is 2.61. The molecule has 0 aromatic heterocycles. The Morgan fingerprint density at radius 1 is 0.923 bits per heavy atom. The van der Waals surface area contributed by atoms with E-state index in [1.165, 1.54) is 31.2 Å². The lowest BCUT2D eigenvalue weighted by molar-refractivity contribution is -0.114. The first-order chi connectivity index (χ1) is 12.3. The second kappa shape index (κ2) is 8.48. The predicted molar refractivity (Wildman–Crippen MR) is 101 cm³/mol. The van der Waals surface area contributed by atoms with Crippen molar-refractivity contribution in [1.29, 1.82) is 0 Å². The molecule has 26 heavy (non-hydrogen) atoms. The number of amides is 2. The minimum absolute atomic E-state index is 0.0514. The molecule has 0 aliphatic heterocycles. The van der Waals surface area contributed by atoms with Gasteiger partial charge in [0, 0.05) is 30.4 Å². The van der Waals surface area contributed by atoms with Crippen molar-refractivity contribution in [2.24, 2.45) is 0 Å². The third kappa shape index (κ3) is 5.32. The van der Waals surface area contributed by atoms with Gasteiger partial charge in [0.2, 0.25) is 5.91 Å². The fourth-order valence-electron chi connectivity index (χ4n) is 2.16. The fourth-order valence-corrected chi connectivity index (χ4v) is 3.22. The first kappa shape index (κ1) is 19.5. The van der Waals surface area contributed by atoms with Gasteiger partial charge in [-0.1, -0.05) is 6.92 Å². The molecule has 7 nitrogen and oxygen atoms in total. The van der Waals surface area contributed by atoms with Crippen molar-refractivity contribution in [1.82, 2.24) is 5.32 Å². The molecule has 2 aromatic rings. The number of anilines is 2. The molecule has 0 saturated carbocycles. The minimum Gasteiger partial charge on any atom is -0.352 e. The van der Waals surface area contributed by atoms with E-state index in [4.69, 9.17) is 0 Å². The summed E-state index contributed by atoms with van der Waals surface area (Å²) in [5.74, 6) is -0.446.